The Hall–Kier alpha value is -1.91. The number of hydrogen-bond donors (Lipinski definition) is 2. The fraction of sp³-hybridized carbons (Fsp3) is 0.667. The van der Waals surface area contributed by atoms with Crippen LogP contribution < -0.4 is 20.7 Å². The first-order chi connectivity index (χ1) is 9.24. The number of hydrogen-bond acceptors (Lipinski definition) is 7. The van der Waals surface area contributed by atoms with Crippen molar-refractivity contribution >= 4 is 5.95 Å². The molecule has 0 aromatic carbocycles. The fourth-order valence-electron chi connectivity index (χ4n) is 0.954. The lowest BCUT2D eigenvalue weighted by molar-refractivity contribution is -0.149. The Kier molecular flexibility index (Phi) is 5.25. The molecule has 7 nitrogen and oxygen atoms in total. The molecule has 0 unspecified atom stereocenters. The number of alkyl halides is 4. The van der Waals surface area contributed by atoms with Crippen molar-refractivity contribution in [1.29, 1.82) is 0 Å². The smallest absolute Gasteiger partial charge is 0.340 e. The van der Waals surface area contributed by atoms with Crippen LogP contribution in [0.5, 0.6) is 12.0 Å². The van der Waals surface area contributed by atoms with Crippen molar-refractivity contribution in [1.82, 2.24) is 15.0 Å². The van der Waals surface area contributed by atoms with Gasteiger partial charge < -0.3 is 9.47 Å². The Bertz CT molecular complexity index is 446. The summed E-state index contributed by atoms with van der Waals surface area (Å²) in [5, 5.41) is 0. The second kappa shape index (κ2) is 6.50. The van der Waals surface area contributed by atoms with Gasteiger partial charge in [0, 0.05) is 0 Å². The summed E-state index contributed by atoms with van der Waals surface area (Å²) in [7, 11) is 0. The number of ether oxygens (including phenoxy) is 2. The molecule has 0 spiro atoms. The molecule has 0 aliphatic carbocycles. The maximum atomic E-state index is 12.7. The molecule has 1 aromatic heterocycles. The topological polar surface area (TPSA) is 95.2 Å². The summed E-state index contributed by atoms with van der Waals surface area (Å²) in [6, 6.07) is -0.845. The lowest BCUT2D eigenvalue weighted by Crippen LogP contribution is -2.34. The second-order valence-corrected chi connectivity index (χ2v) is 3.89. The van der Waals surface area contributed by atoms with Crippen molar-refractivity contribution in [3.63, 3.8) is 0 Å². The Labute approximate surface area is 111 Å². The van der Waals surface area contributed by atoms with Crippen LogP contribution >= 0.6 is 0 Å². The van der Waals surface area contributed by atoms with Crippen LogP contribution in [-0.4, -0.2) is 40.0 Å². The molecule has 0 aliphatic rings. The number of nitrogens with two attached hydrogens (primary N) is 1. The first-order valence-electron chi connectivity index (χ1n) is 5.42. The molecule has 0 radical (unpaired) electrons. The van der Waals surface area contributed by atoms with E-state index in [1.165, 1.54) is 0 Å². The number of rotatable bonds is 7. The summed E-state index contributed by atoms with van der Waals surface area (Å²) < 4.78 is 58.9. The molecule has 0 amide bonds. The van der Waals surface area contributed by atoms with E-state index < -0.39 is 25.0 Å². The van der Waals surface area contributed by atoms with Gasteiger partial charge in [0.15, 0.2) is 6.61 Å². The van der Waals surface area contributed by atoms with Crippen molar-refractivity contribution in [2.45, 2.75) is 32.3 Å². The van der Waals surface area contributed by atoms with Gasteiger partial charge in [-0.1, -0.05) is 0 Å². The van der Waals surface area contributed by atoms with E-state index in [1.54, 1.807) is 13.8 Å². The van der Waals surface area contributed by atoms with E-state index in [1.807, 2.05) is 5.43 Å². The zero-order chi connectivity index (χ0) is 15.3. The summed E-state index contributed by atoms with van der Waals surface area (Å²) in [4.78, 5) is 10.7. The zero-order valence-corrected chi connectivity index (χ0v) is 10.6. The number of nitrogens with zero attached hydrogens (tertiary/aromatic N) is 3. The van der Waals surface area contributed by atoms with Gasteiger partial charge in [0.05, 0.1) is 6.10 Å². The minimum Gasteiger partial charge on any atom is -0.461 e. The van der Waals surface area contributed by atoms with Crippen molar-refractivity contribution < 1.29 is 27.0 Å². The molecule has 3 N–H and O–H groups in total. The van der Waals surface area contributed by atoms with Gasteiger partial charge in [0.1, 0.15) is 0 Å². The Balaban J connectivity index is 2.83. The molecule has 0 fully saturated rings. The molecule has 0 saturated carbocycles. The number of hydrazine groups is 1. The van der Waals surface area contributed by atoms with Gasteiger partial charge in [0.2, 0.25) is 5.95 Å². The third-order valence-corrected chi connectivity index (χ3v) is 1.78. The van der Waals surface area contributed by atoms with E-state index in [9.17, 15) is 17.6 Å². The van der Waals surface area contributed by atoms with Gasteiger partial charge in [0.25, 0.3) is 0 Å². The minimum absolute atomic E-state index is 0.217. The summed E-state index contributed by atoms with van der Waals surface area (Å²) >= 11 is 0. The van der Waals surface area contributed by atoms with Crippen LogP contribution in [0.1, 0.15) is 13.8 Å². The summed E-state index contributed by atoms with van der Waals surface area (Å²) in [5.41, 5.74) is 2.04. The number of anilines is 1. The van der Waals surface area contributed by atoms with Gasteiger partial charge in [-0.25, -0.2) is 14.6 Å². The SMILES string of the molecule is CC(C)Oc1nc(NN)nc(OCC(F)(F)C(F)F)n1. The van der Waals surface area contributed by atoms with Crippen LogP contribution in [-0.2, 0) is 0 Å². The Morgan fingerprint density at radius 2 is 1.80 bits per heavy atom. The molecule has 0 aliphatic heterocycles. The number of nitrogen functional groups attached to an aromatic ring is 1. The molecule has 1 heterocycles. The third kappa shape index (κ3) is 4.64. The largest absolute Gasteiger partial charge is 0.461 e. The lowest BCUT2D eigenvalue weighted by Gasteiger charge is -2.15. The predicted molar refractivity (Wildman–Crippen MR) is 59.8 cm³/mol. The van der Waals surface area contributed by atoms with E-state index >= 15 is 0 Å². The summed E-state index contributed by atoms with van der Waals surface area (Å²) in [5.74, 6) is 0.532. The molecule has 0 saturated heterocycles. The summed E-state index contributed by atoms with van der Waals surface area (Å²) in [6.45, 7) is 1.76. The molecule has 1 aromatic rings. The Morgan fingerprint density at radius 3 is 2.30 bits per heavy atom. The molecular weight excluding hydrogens is 286 g/mol. The van der Waals surface area contributed by atoms with Gasteiger partial charge in [-0.2, -0.15) is 18.7 Å². The van der Waals surface area contributed by atoms with E-state index in [2.05, 4.69) is 19.7 Å². The Morgan fingerprint density at radius 1 is 1.20 bits per heavy atom. The first-order valence-corrected chi connectivity index (χ1v) is 5.42. The zero-order valence-electron chi connectivity index (χ0n) is 10.6. The average Bonchev–Trinajstić information content (AvgIpc) is 2.35. The van der Waals surface area contributed by atoms with Crippen LogP contribution in [0.15, 0.2) is 0 Å². The molecule has 11 heteroatoms. The van der Waals surface area contributed by atoms with Crippen LogP contribution in [0.25, 0.3) is 0 Å². The first kappa shape index (κ1) is 16.1. The van der Waals surface area contributed by atoms with Crippen molar-refractivity contribution in [3.8, 4) is 12.0 Å². The maximum Gasteiger partial charge on any atom is 0.340 e. The van der Waals surface area contributed by atoms with Crippen LogP contribution in [0.3, 0.4) is 0 Å². The average molecular weight is 299 g/mol. The molecule has 0 atom stereocenters. The highest BCUT2D eigenvalue weighted by Crippen LogP contribution is 2.24. The van der Waals surface area contributed by atoms with Gasteiger partial charge >= 0.3 is 24.4 Å². The number of halogens is 4. The van der Waals surface area contributed by atoms with Crippen molar-refractivity contribution in [2.24, 2.45) is 5.84 Å². The van der Waals surface area contributed by atoms with E-state index in [-0.39, 0.29) is 18.1 Å². The highest BCUT2D eigenvalue weighted by atomic mass is 19.3. The normalized spacial score (nSPS) is 11.8. The van der Waals surface area contributed by atoms with E-state index in [4.69, 9.17) is 10.6 Å². The van der Waals surface area contributed by atoms with Crippen LogP contribution in [0, 0.1) is 0 Å². The van der Waals surface area contributed by atoms with Gasteiger partial charge in [-0.15, -0.1) is 4.98 Å². The highest BCUT2D eigenvalue weighted by Gasteiger charge is 2.42. The molecule has 1 rings (SSSR count). The second-order valence-electron chi connectivity index (χ2n) is 3.89. The maximum absolute atomic E-state index is 12.7. The lowest BCUT2D eigenvalue weighted by atomic mass is 10.4. The molecule has 0 bridgehead atoms. The minimum atomic E-state index is -4.32. The van der Waals surface area contributed by atoms with Crippen molar-refractivity contribution in [2.75, 3.05) is 12.0 Å². The fourth-order valence-corrected chi connectivity index (χ4v) is 0.954. The number of nitrogens with one attached hydrogen (secondary N) is 1. The highest BCUT2D eigenvalue weighted by molar-refractivity contribution is 5.25. The third-order valence-electron chi connectivity index (χ3n) is 1.78. The van der Waals surface area contributed by atoms with E-state index in [0.29, 0.717) is 0 Å². The van der Waals surface area contributed by atoms with Crippen LogP contribution in [0.4, 0.5) is 23.5 Å². The quantitative estimate of drug-likeness (QED) is 0.444. The van der Waals surface area contributed by atoms with Gasteiger partial charge in [-0.3, -0.25) is 5.43 Å². The number of aromatic nitrogens is 3. The standard InChI is InChI=1S/C9H13F4N5O2/c1-4(2)20-8-16-6(18-14)15-7(17-8)19-3-9(12,13)5(10)11/h4-5H,3,14H2,1-2H3,(H,15,16,17,18). The summed E-state index contributed by atoms with van der Waals surface area (Å²) in [6.07, 6.45) is -4.17. The van der Waals surface area contributed by atoms with Gasteiger partial charge in [-0.05, 0) is 13.8 Å². The molecule has 114 valence electrons. The van der Waals surface area contributed by atoms with Crippen LogP contribution in [0.2, 0.25) is 0 Å². The molecule has 20 heavy (non-hydrogen) atoms. The monoisotopic (exact) mass is 299 g/mol. The van der Waals surface area contributed by atoms with Crippen molar-refractivity contribution in [3.05, 3.63) is 0 Å². The van der Waals surface area contributed by atoms with E-state index in [0.717, 1.165) is 0 Å². The predicted octanol–water partition coefficient (Wildman–Crippen LogP) is 1.22. The molecular formula is C9H13F4N5O2.